The molecule has 2 aromatic carbocycles. The molecule has 0 aliphatic heterocycles. The van der Waals surface area contributed by atoms with Gasteiger partial charge in [-0.2, -0.15) is 13.2 Å². The zero-order valence-corrected chi connectivity index (χ0v) is 12.4. The highest BCUT2D eigenvalue weighted by atomic mass is 79.9. The molecule has 0 saturated heterocycles. The maximum Gasteiger partial charge on any atom is 0.416 e. The van der Waals surface area contributed by atoms with Crippen molar-refractivity contribution >= 4 is 15.9 Å². The van der Waals surface area contributed by atoms with Crippen molar-refractivity contribution in [2.45, 2.75) is 18.6 Å². The Morgan fingerprint density at radius 2 is 1.76 bits per heavy atom. The van der Waals surface area contributed by atoms with Gasteiger partial charge in [-0.15, -0.1) is 0 Å². The van der Waals surface area contributed by atoms with Gasteiger partial charge in [0.05, 0.1) is 5.56 Å². The molecule has 0 bridgehead atoms. The van der Waals surface area contributed by atoms with E-state index < -0.39 is 23.6 Å². The molecule has 6 heteroatoms. The topological polar surface area (TPSA) is 26.0 Å². The molecule has 0 aliphatic rings. The highest BCUT2D eigenvalue weighted by Crippen LogP contribution is 2.35. The van der Waals surface area contributed by atoms with E-state index >= 15 is 0 Å². The SMILES string of the molecule is NC(Cc1ccc(F)cc1Br)c1ccccc1C(F)(F)F. The summed E-state index contributed by atoms with van der Waals surface area (Å²) >= 11 is 3.19. The fraction of sp³-hybridized carbons (Fsp3) is 0.200. The van der Waals surface area contributed by atoms with Crippen molar-refractivity contribution in [1.82, 2.24) is 0 Å². The predicted octanol–water partition coefficient (Wildman–Crippen LogP) is 4.85. The van der Waals surface area contributed by atoms with E-state index in [-0.39, 0.29) is 12.0 Å². The highest BCUT2D eigenvalue weighted by Gasteiger charge is 2.34. The van der Waals surface area contributed by atoms with Crippen LogP contribution in [0.2, 0.25) is 0 Å². The van der Waals surface area contributed by atoms with Gasteiger partial charge in [0.1, 0.15) is 5.82 Å². The third-order valence-electron chi connectivity index (χ3n) is 3.12. The van der Waals surface area contributed by atoms with Gasteiger partial charge >= 0.3 is 6.18 Å². The molecule has 1 nitrogen and oxygen atoms in total. The van der Waals surface area contributed by atoms with Crippen LogP contribution in [0.4, 0.5) is 17.6 Å². The van der Waals surface area contributed by atoms with Crippen LogP contribution in [0.15, 0.2) is 46.9 Å². The van der Waals surface area contributed by atoms with Gasteiger partial charge in [-0.1, -0.05) is 40.2 Å². The van der Waals surface area contributed by atoms with Crippen LogP contribution in [0.3, 0.4) is 0 Å². The first kappa shape index (κ1) is 16.0. The van der Waals surface area contributed by atoms with Crippen LogP contribution < -0.4 is 5.73 Å². The van der Waals surface area contributed by atoms with Crippen LogP contribution in [-0.2, 0) is 12.6 Å². The largest absolute Gasteiger partial charge is 0.416 e. The molecular weight excluding hydrogens is 350 g/mol. The van der Waals surface area contributed by atoms with Crippen LogP contribution in [0.25, 0.3) is 0 Å². The Labute approximate surface area is 127 Å². The molecule has 1 unspecified atom stereocenters. The Morgan fingerprint density at radius 1 is 1.10 bits per heavy atom. The Balaban J connectivity index is 2.31. The molecule has 112 valence electrons. The van der Waals surface area contributed by atoms with E-state index in [0.717, 1.165) is 6.07 Å². The van der Waals surface area contributed by atoms with E-state index in [1.54, 1.807) is 0 Å². The van der Waals surface area contributed by atoms with Crippen LogP contribution in [0.5, 0.6) is 0 Å². The molecule has 0 spiro atoms. The van der Waals surface area contributed by atoms with Gasteiger partial charge in [-0.05, 0) is 35.7 Å². The Kier molecular flexibility index (Phi) is 4.68. The first-order valence-electron chi connectivity index (χ1n) is 6.14. The lowest BCUT2D eigenvalue weighted by Crippen LogP contribution is -2.19. The second-order valence-electron chi connectivity index (χ2n) is 4.63. The van der Waals surface area contributed by atoms with Crippen LogP contribution >= 0.6 is 15.9 Å². The second kappa shape index (κ2) is 6.15. The average Bonchev–Trinajstić information content (AvgIpc) is 2.41. The third kappa shape index (κ3) is 3.83. The summed E-state index contributed by atoms with van der Waals surface area (Å²) in [5.41, 5.74) is 5.86. The van der Waals surface area contributed by atoms with Crippen molar-refractivity contribution in [1.29, 1.82) is 0 Å². The molecular formula is C15H12BrF4N. The van der Waals surface area contributed by atoms with E-state index in [1.165, 1.54) is 36.4 Å². The molecule has 21 heavy (non-hydrogen) atoms. The maximum absolute atomic E-state index is 13.0. The average molecular weight is 362 g/mol. The molecule has 1 atom stereocenters. The molecule has 0 aromatic heterocycles. The van der Waals surface area contributed by atoms with Gasteiger partial charge in [0.25, 0.3) is 0 Å². The standard InChI is InChI=1S/C15H12BrF4N/c16-13-8-10(17)6-5-9(13)7-14(21)11-3-1-2-4-12(11)15(18,19)20/h1-6,8,14H,7,21H2. The third-order valence-corrected chi connectivity index (χ3v) is 3.86. The minimum absolute atomic E-state index is 0.0289. The van der Waals surface area contributed by atoms with Crippen molar-refractivity contribution < 1.29 is 17.6 Å². The van der Waals surface area contributed by atoms with Gasteiger partial charge in [-0.25, -0.2) is 4.39 Å². The molecule has 0 saturated carbocycles. The van der Waals surface area contributed by atoms with E-state index in [9.17, 15) is 17.6 Å². The summed E-state index contributed by atoms with van der Waals surface area (Å²) in [4.78, 5) is 0. The van der Waals surface area contributed by atoms with Crippen LogP contribution in [0, 0.1) is 5.82 Å². The molecule has 2 aromatic rings. The first-order valence-corrected chi connectivity index (χ1v) is 6.94. The van der Waals surface area contributed by atoms with Crippen LogP contribution in [0.1, 0.15) is 22.7 Å². The Hall–Kier alpha value is -1.40. The molecule has 0 amide bonds. The minimum atomic E-state index is -4.45. The number of hydrogen-bond acceptors (Lipinski definition) is 1. The molecule has 2 N–H and O–H groups in total. The van der Waals surface area contributed by atoms with E-state index in [2.05, 4.69) is 15.9 Å². The first-order chi connectivity index (χ1) is 9.79. The van der Waals surface area contributed by atoms with Crippen molar-refractivity contribution in [2.24, 2.45) is 5.73 Å². The molecule has 0 aliphatic carbocycles. The number of halogens is 5. The molecule has 0 radical (unpaired) electrons. The number of benzene rings is 2. The summed E-state index contributed by atoms with van der Waals surface area (Å²) in [6, 6.07) is 8.41. The number of nitrogens with two attached hydrogens (primary N) is 1. The van der Waals surface area contributed by atoms with Gasteiger partial charge in [0.2, 0.25) is 0 Å². The summed E-state index contributed by atoms with van der Waals surface area (Å²) in [5, 5.41) is 0. The minimum Gasteiger partial charge on any atom is -0.324 e. The quantitative estimate of drug-likeness (QED) is 0.777. The lowest BCUT2D eigenvalue weighted by molar-refractivity contribution is -0.138. The summed E-state index contributed by atoms with van der Waals surface area (Å²) in [7, 11) is 0. The summed E-state index contributed by atoms with van der Waals surface area (Å²) < 4.78 is 52.4. The molecule has 2 rings (SSSR count). The van der Waals surface area contributed by atoms with Gasteiger partial charge in [-0.3, -0.25) is 0 Å². The number of hydrogen-bond donors (Lipinski definition) is 1. The molecule has 0 heterocycles. The van der Waals surface area contributed by atoms with Crippen molar-refractivity contribution in [3.63, 3.8) is 0 Å². The monoisotopic (exact) mass is 361 g/mol. The zero-order valence-electron chi connectivity index (χ0n) is 10.8. The maximum atomic E-state index is 13.0. The molecule has 0 fully saturated rings. The van der Waals surface area contributed by atoms with E-state index in [4.69, 9.17) is 5.73 Å². The van der Waals surface area contributed by atoms with E-state index in [0.29, 0.717) is 10.0 Å². The zero-order chi connectivity index (χ0) is 15.6. The van der Waals surface area contributed by atoms with Crippen molar-refractivity contribution in [3.8, 4) is 0 Å². The fourth-order valence-corrected chi connectivity index (χ4v) is 2.63. The van der Waals surface area contributed by atoms with Crippen molar-refractivity contribution in [2.75, 3.05) is 0 Å². The fourth-order valence-electron chi connectivity index (χ4n) is 2.11. The smallest absolute Gasteiger partial charge is 0.324 e. The van der Waals surface area contributed by atoms with Crippen molar-refractivity contribution in [3.05, 3.63) is 69.4 Å². The Bertz CT molecular complexity index is 640. The summed E-state index contributed by atoms with van der Waals surface area (Å²) in [6.45, 7) is 0. The Morgan fingerprint density at radius 3 is 2.38 bits per heavy atom. The second-order valence-corrected chi connectivity index (χ2v) is 5.49. The lowest BCUT2D eigenvalue weighted by Gasteiger charge is -2.19. The van der Waals surface area contributed by atoms with Gasteiger partial charge < -0.3 is 5.73 Å². The number of rotatable bonds is 3. The van der Waals surface area contributed by atoms with Gasteiger partial charge in [0.15, 0.2) is 0 Å². The van der Waals surface area contributed by atoms with Gasteiger partial charge in [0, 0.05) is 10.5 Å². The highest BCUT2D eigenvalue weighted by molar-refractivity contribution is 9.10. The normalized spacial score (nSPS) is 13.2. The predicted molar refractivity (Wildman–Crippen MR) is 76.2 cm³/mol. The number of alkyl halides is 3. The van der Waals surface area contributed by atoms with Crippen LogP contribution in [-0.4, -0.2) is 0 Å². The summed E-state index contributed by atoms with van der Waals surface area (Å²) in [6.07, 6.45) is -4.28. The van der Waals surface area contributed by atoms with E-state index in [1.807, 2.05) is 0 Å². The lowest BCUT2D eigenvalue weighted by atomic mass is 9.95. The summed E-state index contributed by atoms with van der Waals surface area (Å²) in [5.74, 6) is -0.421.